The van der Waals surface area contributed by atoms with E-state index in [1.807, 2.05) is 21.1 Å². The Morgan fingerprint density at radius 1 is 0.587 bits per heavy atom. The molecular weight excluding hydrogens is 601 g/mol. The van der Waals surface area contributed by atoms with E-state index >= 15 is 0 Å². The Balaban J connectivity index is 3.50. The van der Waals surface area contributed by atoms with Gasteiger partial charge < -0.3 is 18.9 Å². The summed E-state index contributed by atoms with van der Waals surface area (Å²) in [5.74, 6) is -0.485. The van der Waals surface area contributed by atoms with Crippen LogP contribution in [-0.2, 0) is 27.9 Å². The summed E-state index contributed by atoms with van der Waals surface area (Å²) in [6.45, 7) is 4.67. The minimum absolute atomic E-state index is 0.0889. The van der Waals surface area contributed by atoms with Gasteiger partial charge in [-0.25, -0.2) is 4.57 Å². The number of quaternary nitrogens is 1. The van der Waals surface area contributed by atoms with E-state index in [-0.39, 0.29) is 19.8 Å². The van der Waals surface area contributed by atoms with E-state index in [1.165, 1.54) is 155 Å². The second kappa shape index (κ2) is 31.7. The van der Waals surface area contributed by atoms with Gasteiger partial charge in [-0.1, -0.05) is 161 Å². The highest BCUT2D eigenvalue weighted by Crippen LogP contribution is 2.43. The summed E-state index contributed by atoms with van der Waals surface area (Å²) in [5.41, 5.74) is 0. The molecule has 0 saturated heterocycles. The maximum absolute atomic E-state index is 12.1. The first kappa shape index (κ1) is 45.5. The minimum atomic E-state index is -4.22. The van der Waals surface area contributed by atoms with Gasteiger partial charge in [0.05, 0.1) is 34.4 Å². The quantitative estimate of drug-likeness (QED) is 0.0305. The Morgan fingerprint density at radius 3 is 1.30 bits per heavy atom. The van der Waals surface area contributed by atoms with Crippen LogP contribution >= 0.6 is 7.82 Å². The Bertz CT molecular complexity index is 716. The molecule has 2 atom stereocenters. The van der Waals surface area contributed by atoms with E-state index in [2.05, 4.69) is 6.92 Å². The first-order valence-corrected chi connectivity index (χ1v) is 20.7. The number of hydrogen-bond donors (Lipinski definition) is 1. The zero-order valence-electron chi connectivity index (χ0n) is 31.1. The van der Waals surface area contributed by atoms with E-state index in [9.17, 15) is 14.3 Å². The standard InChI is InChI=1S/C37H76NO7P/c1-6-7-8-9-10-11-12-13-14-15-16-17-18-19-20-21-22-23-24-25-26-27-28-29-30-32-42-34-37(45-36(2)39)35-44-46(40,41)43-33-31-38(3,4)5/h37H,6-35H2,1-5H3/p+1. The molecule has 0 bridgehead atoms. The van der Waals surface area contributed by atoms with Crippen LogP contribution < -0.4 is 0 Å². The number of likely N-dealkylation sites (N-methyl/N-ethyl adjacent to an activating group) is 1. The fraction of sp³-hybridized carbons (Fsp3) is 0.973. The van der Waals surface area contributed by atoms with Crippen molar-refractivity contribution in [3.8, 4) is 0 Å². The topological polar surface area (TPSA) is 91.3 Å². The summed E-state index contributed by atoms with van der Waals surface area (Å²) >= 11 is 0. The first-order valence-electron chi connectivity index (χ1n) is 19.2. The van der Waals surface area contributed by atoms with Gasteiger partial charge in [-0.2, -0.15) is 0 Å². The predicted octanol–water partition coefficient (Wildman–Crippen LogP) is 10.5. The second-order valence-electron chi connectivity index (χ2n) is 14.4. The van der Waals surface area contributed by atoms with Gasteiger partial charge in [0.2, 0.25) is 0 Å². The fourth-order valence-electron chi connectivity index (χ4n) is 5.55. The molecule has 0 radical (unpaired) electrons. The van der Waals surface area contributed by atoms with Crippen molar-refractivity contribution in [3.05, 3.63) is 0 Å². The average molecular weight is 679 g/mol. The Hall–Kier alpha value is -0.500. The number of phosphoric ester groups is 1. The van der Waals surface area contributed by atoms with Crippen molar-refractivity contribution in [3.63, 3.8) is 0 Å². The smallest absolute Gasteiger partial charge is 0.458 e. The van der Waals surface area contributed by atoms with Gasteiger partial charge in [0.1, 0.15) is 19.3 Å². The molecule has 0 aromatic carbocycles. The van der Waals surface area contributed by atoms with Gasteiger partial charge in [-0.05, 0) is 6.42 Å². The molecule has 0 aromatic heterocycles. The molecule has 276 valence electrons. The number of ether oxygens (including phenoxy) is 2. The lowest BCUT2D eigenvalue weighted by Crippen LogP contribution is -2.37. The Kier molecular flexibility index (Phi) is 31.4. The summed E-state index contributed by atoms with van der Waals surface area (Å²) in [5, 5.41) is 0. The number of esters is 1. The average Bonchev–Trinajstić information content (AvgIpc) is 2.98. The molecule has 0 spiro atoms. The van der Waals surface area contributed by atoms with E-state index in [1.54, 1.807) is 0 Å². The SMILES string of the molecule is CCCCCCCCCCCCCCCCCCCCCCCCCCCOCC(COP(=O)(O)OCC[N+](C)(C)C)OC(C)=O. The van der Waals surface area contributed by atoms with E-state index < -0.39 is 19.9 Å². The highest BCUT2D eigenvalue weighted by molar-refractivity contribution is 7.47. The zero-order chi connectivity index (χ0) is 34.2. The van der Waals surface area contributed by atoms with Crippen LogP contribution in [0.4, 0.5) is 0 Å². The molecular formula is C37H77NO7P+. The number of carbonyl (C=O) groups excluding carboxylic acids is 1. The van der Waals surface area contributed by atoms with Gasteiger partial charge >= 0.3 is 13.8 Å². The summed E-state index contributed by atoms with van der Waals surface area (Å²) in [6.07, 6.45) is 33.5. The lowest BCUT2D eigenvalue weighted by Gasteiger charge is -2.24. The number of phosphoric acid groups is 1. The zero-order valence-corrected chi connectivity index (χ0v) is 32.0. The number of rotatable bonds is 36. The molecule has 2 unspecified atom stereocenters. The van der Waals surface area contributed by atoms with Crippen molar-refractivity contribution in [2.45, 2.75) is 180 Å². The molecule has 0 aliphatic carbocycles. The fourth-order valence-corrected chi connectivity index (χ4v) is 6.30. The molecule has 1 N–H and O–H groups in total. The van der Waals surface area contributed by atoms with E-state index in [0.29, 0.717) is 17.6 Å². The van der Waals surface area contributed by atoms with Gasteiger partial charge in [-0.3, -0.25) is 13.8 Å². The van der Waals surface area contributed by atoms with Gasteiger partial charge in [0, 0.05) is 13.5 Å². The van der Waals surface area contributed by atoms with Crippen molar-refractivity contribution in [1.82, 2.24) is 0 Å². The summed E-state index contributed by atoms with van der Waals surface area (Å²) in [7, 11) is 1.67. The maximum Gasteiger partial charge on any atom is 0.472 e. The largest absolute Gasteiger partial charge is 0.472 e. The summed E-state index contributed by atoms with van der Waals surface area (Å²) in [4.78, 5) is 21.3. The Labute approximate surface area is 285 Å². The van der Waals surface area contributed by atoms with E-state index in [0.717, 1.165) is 12.8 Å². The monoisotopic (exact) mass is 679 g/mol. The summed E-state index contributed by atoms with van der Waals surface area (Å²) in [6, 6.07) is 0. The minimum Gasteiger partial charge on any atom is -0.458 e. The van der Waals surface area contributed by atoms with Crippen molar-refractivity contribution in [2.75, 3.05) is 54.1 Å². The molecule has 0 amide bonds. The van der Waals surface area contributed by atoms with E-state index in [4.69, 9.17) is 18.5 Å². The van der Waals surface area contributed by atoms with Crippen LogP contribution in [-0.4, -0.2) is 75.6 Å². The molecule has 0 saturated carbocycles. The Morgan fingerprint density at radius 2 is 0.957 bits per heavy atom. The first-order chi connectivity index (χ1) is 22.1. The van der Waals surface area contributed by atoms with Crippen LogP contribution in [0.25, 0.3) is 0 Å². The highest BCUT2D eigenvalue weighted by Gasteiger charge is 2.25. The van der Waals surface area contributed by atoms with Crippen LogP contribution in [0.15, 0.2) is 0 Å². The maximum atomic E-state index is 12.1. The third kappa shape index (κ3) is 36.3. The van der Waals surface area contributed by atoms with Crippen LogP contribution in [0, 0.1) is 0 Å². The third-order valence-electron chi connectivity index (χ3n) is 8.47. The van der Waals surface area contributed by atoms with Crippen molar-refractivity contribution in [2.24, 2.45) is 0 Å². The third-order valence-corrected chi connectivity index (χ3v) is 9.45. The van der Waals surface area contributed by atoms with Gasteiger partial charge in [0.25, 0.3) is 0 Å². The lowest BCUT2D eigenvalue weighted by atomic mass is 10.0. The molecule has 8 nitrogen and oxygen atoms in total. The molecule has 0 aliphatic rings. The lowest BCUT2D eigenvalue weighted by molar-refractivity contribution is -0.870. The normalized spacial score (nSPS) is 14.0. The molecule has 0 heterocycles. The molecule has 0 aromatic rings. The van der Waals surface area contributed by atoms with Crippen molar-refractivity contribution < 1.29 is 37.3 Å². The van der Waals surface area contributed by atoms with Crippen LogP contribution in [0.1, 0.15) is 174 Å². The van der Waals surface area contributed by atoms with Crippen molar-refractivity contribution >= 4 is 13.8 Å². The molecule has 46 heavy (non-hydrogen) atoms. The molecule has 0 fully saturated rings. The van der Waals surface area contributed by atoms with Crippen molar-refractivity contribution in [1.29, 1.82) is 0 Å². The van der Waals surface area contributed by atoms with Crippen LogP contribution in [0.5, 0.6) is 0 Å². The highest BCUT2D eigenvalue weighted by atomic mass is 31.2. The number of nitrogens with zero attached hydrogens (tertiary/aromatic N) is 1. The predicted molar refractivity (Wildman–Crippen MR) is 192 cm³/mol. The summed E-state index contributed by atoms with van der Waals surface area (Å²) < 4.78 is 33.6. The molecule has 9 heteroatoms. The number of carbonyl (C=O) groups is 1. The molecule has 0 aliphatic heterocycles. The van der Waals surface area contributed by atoms with Crippen LogP contribution in [0.2, 0.25) is 0 Å². The number of unbranched alkanes of at least 4 members (excludes halogenated alkanes) is 24. The molecule has 0 rings (SSSR count). The number of hydrogen-bond acceptors (Lipinski definition) is 6. The second-order valence-corrected chi connectivity index (χ2v) is 15.9. The van der Waals surface area contributed by atoms with Gasteiger partial charge in [0.15, 0.2) is 0 Å². The van der Waals surface area contributed by atoms with Crippen LogP contribution in [0.3, 0.4) is 0 Å². The van der Waals surface area contributed by atoms with Gasteiger partial charge in [-0.15, -0.1) is 0 Å².